The summed E-state index contributed by atoms with van der Waals surface area (Å²) >= 11 is 0. The second-order valence-corrected chi connectivity index (χ2v) is 8.57. The van der Waals surface area contributed by atoms with Gasteiger partial charge < -0.3 is 10.0 Å². The van der Waals surface area contributed by atoms with Crippen molar-refractivity contribution in [1.29, 1.82) is 0 Å². The van der Waals surface area contributed by atoms with Crippen molar-refractivity contribution in [3.63, 3.8) is 0 Å². The highest BCUT2D eigenvalue weighted by Crippen LogP contribution is 2.20. The van der Waals surface area contributed by atoms with Crippen LogP contribution < -0.4 is 0 Å². The van der Waals surface area contributed by atoms with Gasteiger partial charge in [0.15, 0.2) is 0 Å². The number of rotatable bonds is 5. The van der Waals surface area contributed by atoms with Gasteiger partial charge in [-0.3, -0.25) is 4.79 Å². The molecule has 1 amide bonds. The molecule has 0 bridgehead atoms. The van der Waals surface area contributed by atoms with Gasteiger partial charge in [-0.15, -0.1) is 0 Å². The molecule has 0 aliphatic carbocycles. The molecule has 1 saturated heterocycles. The number of sulfonamides is 1. The molecule has 0 aromatic heterocycles. The quantitative estimate of drug-likeness (QED) is 0.809. The van der Waals surface area contributed by atoms with Gasteiger partial charge in [-0.1, -0.05) is 30.3 Å². The summed E-state index contributed by atoms with van der Waals surface area (Å²) < 4.78 is 53.1. The number of carbonyl (C=O) groups is 1. The Hall–Kier alpha value is -2.36. The van der Waals surface area contributed by atoms with Crippen LogP contribution in [0.5, 0.6) is 0 Å². The highest BCUT2D eigenvalue weighted by molar-refractivity contribution is 7.89. The van der Waals surface area contributed by atoms with Gasteiger partial charge in [0, 0.05) is 25.7 Å². The van der Waals surface area contributed by atoms with Gasteiger partial charge in [0.05, 0.1) is 17.5 Å². The van der Waals surface area contributed by atoms with Crippen LogP contribution in [0, 0.1) is 11.6 Å². The normalized spacial score (nSPS) is 18.9. The summed E-state index contributed by atoms with van der Waals surface area (Å²) in [5.41, 5.74) is 1.01. The number of β-amino-alcohol motifs (C(OH)–C–C–N with tert-alkyl or cyclic N) is 1. The fourth-order valence-corrected chi connectivity index (χ4v) is 4.57. The molecule has 1 N–H and O–H groups in total. The van der Waals surface area contributed by atoms with Crippen molar-refractivity contribution in [2.24, 2.45) is 0 Å². The highest BCUT2D eigenvalue weighted by atomic mass is 32.2. The number of hydrogen-bond donors (Lipinski definition) is 1. The van der Waals surface area contributed by atoms with Gasteiger partial charge >= 0.3 is 0 Å². The minimum atomic E-state index is -4.34. The Labute approximate surface area is 162 Å². The van der Waals surface area contributed by atoms with Crippen molar-refractivity contribution in [2.75, 3.05) is 26.2 Å². The smallest absolute Gasteiger partial charge is 0.243 e. The van der Waals surface area contributed by atoms with Crippen molar-refractivity contribution in [3.8, 4) is 0 Å². The lowest BCUT2D eigenvalue weighted by Gasteiger charge is -2.22. The van der Waals surface area contributed by atoms with Gasteiger partial charge in [-0.05, 0) is 24.1 Å². The summed E-state index contributed by atoms with van der Waals surface area (Å²) in [6.45, 7) is -0.544. The molecule has 0 radical (unpaired) electrons. The molecule has 9 heteroatoms. The van der Waals surface area contributed by atoms with E-state index < -0.39 is 45.1 Å². The summed E-state index contributed by atoms with van der Waals surface area (Å²) in [4.78, 5) is 13.4. The third kappa shape index (κ3) is 4.73. The second-order valence-electron chi connectivity index (χ2n) is 6.63. The first kappa shape index (κ1) is 20.4. The molecule has 1 atom stereocenters. The summed E-state index contributed by atoms with van der Waals surface area (Å²) in [7, 11) is -4.34. The van der Waals surface area contributed by atoms with E-state index in [-0.39, 0.29) is 13.1 Å². The fourth-order valence-electron chi connectivity index (χ4n) is 3.10. The van der Waals surface area contributed by atoms with E-state index in [4.69, 9.17) is 0 Å². The van der Waals surface area contributed by atoms with E-state index in [2.05, 4.69) is 0 Å². The van der Waals surface area contributed by atoms with Crippen molar-refractivity contribution in [1.82, 2.24) is 9.21 Å². The molecule has 1 unspecified atom stereocenters. The minimum absolute atomic E-state index is 0.0187. The van der Waals surface area contributed by atoms with Crippen LogP contribution in [0.25, 0.3) is 0 Å². The Morgan fingerprint density at radius 2 is 1.68 bits per heavy atom. The van der Waals surface area contributed by atoms with Gasteiger partial charge in [0.2, 0.25) is 15.9 Å². The SMILES string of the molecule is O=C1CN(S(=O)(=O)c2cc(F)cc(F)c2)CC(O)CN1CCc1ccccc1. The molecule has 28 heavy (non-hydrogen) atoms. The molecule has 2 aromatic rings. The van der Waals surface area contributed by atoms with Gasteiger partial charge in [-0.2, -0.15) is 4.31 Å². The van der Waals surface area contributed by atoms with Crippen LogP contribution in [0.4, 0.5) is 8.78 Å². The van der Waals surface area contributed by atoms with Crippen LogP contribution in [0.2, 0.25) is 0 Å². The maximum absolute atomic E-state index is 13.4. The van der Waals surface area contributed by atoms with Gasteiger partial charge in [0.1, 0.15) is 11.6 Å². The first-order valence-electron chi connectivity index (χ1n) is 8.72. The van der Waals surface area contributed by atoms with Crippen LogP contribution >= 0.6 is 0 Å². The fraction of sp³-hybridized carbons (Fsp3) is 0.316. The molecule has 1 aliphatic rings. The predicted octanol–water partition coefficient (Wildman–Crippen LogP) is 1.40. The van der Waals surface area contributed by atoms with E-state index in [0.29, 0.717) is 31.2 Å². The van der Waals surface area contributed by atoms with E-state index in [0.717, 1.165) is 9.87 Å². The number of hydrogen-bond acceptors (Lipinski definition) is 4. The van der Waals surface area contributed by atoms with E-state index in [1.807, 2.05) is 30.3 Å². The van der Waals surface area contributed by atoms with Crippen molar-refractivity contribution in [2.45, 2.75) is 17.4 Å². The molecule has 6 nitrogen and oxygen atoms in total. The largest absolute Gasteiger partial charge is 0.390 e. The number of halogens is 2. The molecule has 1 aliphatic heterocycles. The monoisotopic (exact) mass is 410 g/mol. The number of carbonyl (C=O) groups excluding carboxylic acids is 1. The lowest BCUT2D eigenvalue weighted by Crippen LogP contribution is -2.40. The summed E-state index contributed by atoms with van der Waals surface area (Å²) in [6, 6.07) is 11.4. The molecular weight excluding hydrogens is 390 g/mol. The Balaban J connectivity index is 1.77. The average Bonchev–Trinajstić information content (AvgIpc) is 2.78. The molecule has 0 saturated carbocycles. The van der Waals surface area contributed by atoms with Crippen LogP contribution in [-0.2, 0) is 21.2 Å². The Kier molecular flexibility index (Phi) is 6.07. The zero-order valence-corrected chi connectivity index (χ0v) is 15.8. The number of nitrogens with zero attached hydrogens (tertiary/aromatic N) is 2. The summed E-state index contributed by atoms with van der Waals surface area (Å²) in [5.74, 6) is -2.55. The van der Waals surface area contributed by atoms with Crippen LogP contribution in [0.3, 0.4) is 0 Å². The van der Waals surface area contributed by atoms with E-state index in [1.165, 1.54) is 4.90 Å². The second kappa shape index (κ2) is 8.34. The van der Waals surface area contributed by atoms with Crippen molar-refractivity contribution >= 4 is 15.9 Å². The van der Waals surface area contributed by atoms with Crippen LogP contribution in [-0.4, -0.2) is 60.9 Å². The molecule has 1 heterocycles. The first-order valence-corrected chi connectivity index (χ1v) is 10.2. The lowest BCUT2D eigenvalue weighted by atomic mass is 10.1. The van der Waals surface area contributed by atoms with Crippen LogP contribution in [0.15, 0.2) is 53.4 Å². The average molecular weight is 410 g/mol. The van der Waals surface area contributed by atoms with Crippen molar-refractivity contribution < 1.29 is 27.1 Å². The molecular formula is C19H20F2N2O4S. The minimum Gasteiger partial charge on any atom is -0.390 e. The number of aliphatic hydroxyl groups excluding tert-OH is 1. The number of benzene rings is 2. The van der Waals surface area contributed by atoms with Crippen LogP contribution in [0.1, 0.15) is 5.56 Å². The topological polar surface area (TPSA) is 77.9 Å². The van der Waals surface area contributed by atoms with E-state index in [1.54, 1.807) is 0 Å². The molecule has 3 rings (SSSR count). The lowest BCUT2D eigenvalue weighted by molar-refractivity contribution is -0.130. The molecule has 2 aromatic carbocycles. The standard InChI is InChI=1S/C19H20F2N2O4S/c20-15-8-16(21)10-18(9-15)28(26,27)23-12-17(24)11-22(19(25)13-23)7-6-14-4-2-1-3-5-14/h1-5,8-10,17,24H,6-7,11-13H2. The predicted molar refractivity (Wildman–Crippen MR) is 97.8 cm³/mol. The Bertz CT molecular complexity index is 933. The van der Waals surface area contributed by atoms with E-state index in [9.17, 15) is 27.1 Å². The van der Waals surface area contributed by atoms with Crippen molar-refractivity contribution in [3.05, 3.63) is 65.7 Å². The summed E-state index contributed by atoms with van der Waals surface area (Å²) in [6.07, 6.45) is -0.559. The maximum atomic E-state index is 13.4. The zero-order chi connectivity index (χ0) is 20.3. The highest BCUT2D eigenvalue weighted by Gasteiger charge is 2.34. The first-order chi connectivity index (χ1) is 13.3. The molecule has 150 valence electrons. The molecule has 1 fully saturated rings. The number of amides is 1. The number of aliphatic hydroxyl groups is 1. The molecule has 0 spiro atoms. The maximum Gasteiger partial charge on any atom is 0.243 e. The Morgan fingerprint density at radius 1 is 1.04 bits per heavy atom. The Morgan fingerprint density at radius 3 is 2.32 bits per heavy atom. The van der Waals surface area contributed by atoms with E-state index >= 15 is 0 Å². The zero-order valence-electron chi connectivity index (χ0n) is 15.0. The summed E-state index contributed by atoms with van der Waals surface area (Å²) in [5, 5.41) is 10.2. The van der Waals surface area contributed by atoms with Gasteiger partial charge in [0.25, 0.3) is 0 Å². The van der Waals surface area contributed by atoms with Gasteiger partial charge in [-0.25, -0.2) is 17.2 Å². The third-order valence-electron chi connectivity index (χ3n) is 4.50. The third-order valence-corrected chi connectivity index (χ3v) is 6.29.